The van der Waals surface area contributed by atoms with E-state index >= 15 is 0 Å². The van der Waals surface area contributed by atoms with E-state index in [2.05, 4.69) is 110 Å². The van der Waals surface area contributed by atoms with Gasteiger partial charge in [-0.05, 0) is 87.3 Å². The first kappa shape index (κ1) is 37.3. The number of ketones is 1. The molecule has 0 unspecified atom stereocenters. The summed E-state index contributed by atoms with van der Waals surface area (Å²) in [5.74, 6) is 0.666. The first-order chi connectivity index (χ1) is 18.3. The largest absolute Gasteiger partial charge is 0.412 e. The van der Waals surface area contributed by atoms with Gasteiger partial charge in [-0.1, -0.05) is 87.0 Å². The highest BCUT2D eigenvalue weighted by atomic mass is 28.4. The van der Waals surface area contributed by atoms with Crippen LogP contribution in [0, 0.1) is 28.6 Å². The van der Waals surface area contributed by atoms with E-state index in [9.17, 15) is 4.79 Å². The normalized spacial score (nSPS) is 24.7. The molecule has 40 heavy (non-hydrogen) atoms. The molecule has 0 bridgehead atoms. The minimum absolute atomic E-state index is 0.132. The Balaban J connectivity index is 3.77. The zero-order chi connectivity index (χ0) is 31.3. The van der Waals surface area contributed by atoms with E-state index in [1.165, 1.54) is 5.57 Å². The predicted molar refractivity (Wildman–Crippen MR) is 174 cm³/mol. The van der Waals surface area contributed by atoms with E-state index in [1.54, 1.807) is 7.11 Å². The molecule has 0 aromatic heterocycles. The predicted octanol–water partition coefficient (Wildman–Crippen LogP) is 10.1. The van der Waals surface area contributed by atoms with Crippen LogP contribution in [0.4, 0.5) is 0 Å². The molecule has 1 aliphatic rings. The molecule has 5 heteroatoms. The third kappa shape index (κ3) is 8.20. The maximum absolute atomic E-state index is 14.9. The van der Waals surface area contributed by atoms with Crippen molar-refractivity contribution >= 4 is 14.1 Å². The van der Waals surface area contributed by atoms with Gasteiger partial charge in [-0.3, -0.25) is 4.79 Å². The minimum Gasteiger partial charge on any atom is -0.412 e. The van der Waals surface area contributed by atoms with Gasteiger partial charge in [-0.15, -0.1) is 6.58 Å². The van der Waals surface area contributed by atoms with Gasteiger partial charge in [0.05, 0.1) is 17.1 Å². The summed E-state index contributed by atoms with van der Waals surface area (Å²) in [7, 11) is -0.566. The summed E-state index contributed by atoms with van der Waals surface area (Å²) in [5, 5.41) is 0. The van der Waals surface area contributed by atoms with Gasteiger partial charge in [0.1, 0.15) is 12.6 Å². The topological polar surface area (TPSA) is 44.8 Å². The number of hydrogen-bond donors (Lipinski definition) is 0. The van der Waals surface area contributed by atoms with Gasteiger partial charge in [0, 0.05) is 13.0 Å². The van der Waals surface area contributed by atoms with E-state index in [-0.39, 0.29) is 35.7 Å². The van der Waals surface area contributed by atoms with Crippen LogP contribution in [0.3, 0.4) is 0 Å². The summed E-state index contributed by atoms with van der Waals surface area (Å²) in [6.45, 7) is 36.3. The molecular weight excluding hydrogens is 512 g/mol. The number of allylic oxidation sites excluding steroid dienone is 3. The van der Waals surface area contributed by atoms with Crippen molar-refractivity contribution in [3.8, 4) is 0 Å². The molecule has 0 N–H and O–H groups in total. The number of hydrogen-bond acceptors (Lipinski definition) is 4. The highest BCUT2D eigenvalue weighted by molar-refractivity contribution is 6.77. The molecule has 1 saturated carbocycles. The van der Waals surface area contributed by atoms with E-state index < -0.39 is 13.7 Å². The van der Waals surface area contributed by atoms with E-state index in [1.807, 2.05) is 6.08 Å². The molecule has 0 aromatic carbocycles. The molecule has 1 aliphatic carbocycles. The smallest absolute Gasteiger partial charge is 0.200 e. The molecule has 0 radical (unpaired) electrons. The van der Waals surface area contributed by atoms with Gasteiger partial charge in [-0.25, -0.2) is 0 Å². The standard InChI is InChI=1S/C35H66O4Si/c1-17-35(21-18-24(2)3)22-29(19-20-33(12,13)38-23-37-16)34(14,15)30(32(35)36)31(25(4)5)39-40(26(6)7,27(8)9)28(10)11/h17-18,25-31H,1,19-23H2,2-16H3/t29-,30+,31+,35+/m0/s1. The van der Waals surface area contributed by atoms with Crippen LogP contribution in [0.1, 0.15) is 123 Å². The first-order valence-corrected chi connectivity index (χ1v) is 18.0. The lowest BCUT2D eigenvalue weighted by atomic mass is 9.50. The van der Waals surface area contributed by atoms with Gasteiger partial charge in [0.15, 0.2) is 0 Å². The zero-order valence-electron chi connectivity index (χ0n) is 29.1. The van der Waals surface area contributed by atoms with Gasteiger partial charge >= 0.3 is 0 Å². The fourth-order valence-electron chi connectivity index (χ4n) is 7.63. The lowest BCUT2D eigenvalue weighted by molar-refractivity contribution is -0.156. The lowest BCUT2D eigenvalue weighted by Crippen LogP contribution is -2.60. The van der Waals surface area contributed by atoms with Crippen LogP contribution in [-0.4, -0.2) is 39.7 Å². The Morgan fingerprint density at radius 1 is 1.05 bits per heavy atom. The molecule has 0 spiro atoms. The Kier molecular flexibility index (Phi) is 13.6. The van der Waals surface area contributed by atoms with E-state index in [0.29, 0.717) is 34.7 Å². The maximum atomic E-state index is 14.9. The van der Waals surface area contributed by atoms with Crippen molar-refractivity contribution < 1.29 is 18.7 Å². The highest BCUT2D eigenvalue weighted by Crippen LogP contribution is 2.57. The van der Waals surface area contributed by atoms with Crippen molar-refractivity contribution in [2.45, 2.75) is 151 Å². The van der Waals surface area contributed by atoms with Crippen molar-refractivity contribution in [3.05, 3.63) is 24.3 Å². The number of methoxy groups -OCH3 is 1. The number of carbonyl (C=O) groups is 1. The van der Waals surface area contributed by atoms with Crippen LogP contribution in [0.25, 0.3) is 0 Å². The van der Waals surface area contributed by atoms with Crippen LogP contribution in [0.5, 0.6) is 0 Å². The summed E-state index contributed by atoms with van der Waals surface area (Å²) in [6.07, 6.45) is 7.48. The molecule has 4 nitrogen and oxygen atoms in total. The summed E-state index contributed by atoms with van der Waals surface area (Å²) in [6, 6.07) is 0. The zero-order valence-corrected chi connectivity index (χ0v) is 30.1. The second-order valence-corrected chi connectivity index (χ2v) is 20.8. The fraction of sp³-hybridized carbons (Fsp3) is 0.857. The Morgan fingerprint density at radius 3 is 1.98 bits per heavy atom. The van der Waals surface area contributed by atoms with Crippen LogP contribution in [0.2, 0.25) is 16.6 Å². The quantitative estimate of drug-likeness (QED) is 0.104. The molecule has 0 aliphatic heterocycles. The van der Waals surface area contributed by atoms with Crippen molar-refractivity contribution in [3.63, 3.8) is 0 Å². The number of carbonyl (C=O) groups excluding carboxylic acids is 1. The summed E-state index contributed by atoms with van der Waals surface area (Å²) >= 11 is 0. The monoisotopic (exact) mass is 578 g/mol. The van der Waals surface area contributed by atoms with Crippen LogP contribution in [-0.2, 0) is 18.7 Å². The van der Waals surface area contributed by atoms with Crippen LogP contribution < -0.4 is 0 Å². The molecular formula is C35H66O4Si. The summed E-state index contributed by atoms with van der Waals surface area (Å²) < 4.78 is 18.8. The number of Topliss-reactive ketones (excluding diaryl/α,β-unsaturated/α-hetero) is 1. The highest BCUT2D eigenvalue weighted by Gasteiger charge is 2.59. The first-order valence-electron chi connectivity index (χ1n) is 15.9. The lowest BCUT2D eigenvalue weighted by Gasteiger charge is -2.56. The van der Waals surface area contributed by atoms with E-state index in [0.717, 1.165) is 19.3 Å². The van der Waals surface area contributed by atoms with Gasteiger partial charge in [0.2, 0.25) is 8.32 Å². The maximum Gasteiger partial charge on any atom is 0.200 e. The van der Waals surface area contributed by atoms with Gasteiger partial charge in [0.25, 0.3) is 0 Å². The molecule has 0 aromatic rings. The molecule has 0 heterocycles. The van der Waals surface area contributed by atoms with Crippen LogP contribution in [0.15, 0.2) is 24.3 Å². The van der Waals surface area contributed by atoms with Gasteiger partial charge in [-0.2, -0.15) is 0 Å². The van der Waals surface area contributed by atoms with Gasteiger partial charge < -0.3 is 13.9 Å². The Labute approximate surface area is 250 Å². The average molecular weight is 579 g/mol. The Hall–Kier alpha value is -0.753. The molecule has 0 saturated heterocycles. The van der Waals surface area contributed by atoms with Crippen LogP contribution >= 0.6 is 0 Å². The molecule has 0 amide bonds. The summed E-state index contributed by atoms with van der Waals surface area (Å²) in [4.78, 5) is 14.9. The Bertz CT molecular complexity index is 828. The third-order valence-corrected chi connectivity index (χ3v) is 16.3. The van der Waals surface area contributed by atoms with Crippen molar-refractivity contribution in [1.82, 2.24) is 0 Å². The fourth-order valence-corrected chi connectivity index (χ4v) is 13.3. The third-order valence-electron chi connectivity index (χ3n) is 10.2. The molecule has 1 fully saturated rings. The average Bonchev–Trinajstić information content (AvgIpc) is 2.82. The minimum atomic E-state index is -2.23. The van der Waals surface area contributed by atoms with Crippen molar-refractivity contribution in [2.75, 3.05) is 13.9 Å². The van der Waals surface area contributed by atoms with E-state index in [4.69, 9.17) is 13.9 Å². The SMILES string of the molecule is C=C[C@@]1(CC=C(C)C)C[C@H](CCC(C)(C)OCOC)C(C)(C)[C@H]([C@H](O[Si](C(C)C)(C(C)C)C(C)C)C(C)C)C1=O. The summed E-state index contributed by atoms with van der Waals surface area (Å²) in [5.41, 5.74) is 1.49. The molecule has 234 valence electrons. The van der Waals surface area contributed by atoms with Crippen molar-refractivity contribution in [2.24, 2.45) is 28.6 Å². The number of rotatable bonds is 16. The second kappa shape index (κ2) is 14.6. The number of ether oxygens (including phenoxy) is 2. The Morgan fingerprint density at radius 2 is 1.57 bits per heavy atom. The van der Waals surface area contributed by atoms with Crippen molar-refractivity contribution in [1.29, 1.82) is 0 Å². The molecule has 4 atom stereocenters. The molecule has 1 rings (SSSR count). The second-order valence-electron chi connectivity index (χ2n) is 15.4.